The zero-order valence-electron chi connectivity index (χ0n) is 11.2. The molecule has 1 aliphatic rings. The molecule has 1 fully saturated rings. The molecule has 2 heterocycles. The number of rotatable bonds is 2. The van der Waals surface area contributed by atoms with E-state index >= 15 is 0 Å². The first-order valence-electron chi connectivity index (χ1n) is 6.63. The van der Waals surface area contributed by atoms with Crippen LogP contribution in [0.3, 0.4) is 0 Å². The highest BCUT2D eigenvalue weighted by Crippen LogP contribution is 2.24. The van der Waals surface area contributed by atoms with E-state index in [1.54, 1.807) is 11.1 Å². The number of aromatic nitrogens is 2. The molecule has 106 valence electrons. The Morgan fingerprint density at radius 3 is 3.10 bits per heavy atom. The van der Waals surface area contributed by atoms with Gasteiger partial charge in [-0.05, 0) is 31.0 Å². The molecule has 1 aromatic carbocycles. The molecule has 2 atom stereocenters. The molecule has 2 aromatic rings. The second kappa shape index (κ2) is 4.88. The fraction of sp³-hybridized carbons (Fsp3) is 0.429. The molecular weight excluding hydrogens is 258 g/mol. The van der Waals surface area contributed by atoms with Crippen LogP contribution in [-0.4, -0.2) is 56.5 Å². The summed E-state index contributed by atoms with van der Waals surface area (Å²) < 4.78 is 0. The highest BCUT2D eigenvalue weighted by Gasteiger charge is 2.35. The van der Waals surface area contributed by atoms with Gasteiger partial charge in [-0.3, -0.25) is 9.89 Å². The van der Waals surface area contributed by atoms with Gasteiger partial charge in [0.15, 0.2) is 0 Å². The normalized spacial score (nSPS) is 22.6. The summed E-state index contributed by atoms with van der Waals surface area (Å²) in [5.41, 5.74) is 2.20. The lowest BCUT2D eigenvalue weighted by Crippen LogP contribution is -2.38. The molecule has 1 amide bonds. The van der Waals surface area contributed by atoms with Gasteiger partial charge in [-0.2, -0.15) is 5.10 Å². The van der Waals surface area contributed by atoms with Gasteiger partial charge in [0.1, 0.15) is 0 Å². The number of nitrogens with one attached hydrogen (secondary N) is 1. The quantitative estimate of drug-likeness (QED) is 0.742. The number of carbonyl (C=O) groups is 1. The molecule has 1 saturated heterocycles. The third-order valence-corrected chi connectivity index (χ3v) is 3.79. The molecule has 0 spiro atoms. The van der Waals surface area contributed by atoms with Gasteiger partial charge in [0.2, 0.25) is 0 Å². The fourth-order valence-electron chi connectivity index (χ4n) is 2.84. The Labute approximate surface area is 116 Å². The van der Waals surface area contributed by atoms with Crippen molar-refractivity contribution in [3.63, 3.8) is 0 Å². The van der Waals surface area contributed by atoms with E-state index in [-0.39, 0.29) is 25.1 Å². The minimum Gasteiger partial charge on any atom is -0.394 e. The van der Waals surface area contributed by atoms with Gasteiger partial charge in [0.25, 0.3) is 5.91 Å². The number of amides is 1. The fourth-order valence-corrected chi connectivity index (χ4v) is 2.84. The van der Waals surface area contributed by atoms with Crippen molar-refractivity contribution in [3.05, 3.63) is 29.5 Å². The third-order valence-electron chi connectivity index (χ3n) is 3.79. The molecule has 6 heteroatoms. The lowest BCUT2D eigenvalue weighted by molar-refractivity contribution is 0.0666. The molecule has 0 unspecified atom stereocenters. The molecular formula is C14H17N3O3. The molecule has 3 N–H and O–H groups in total. The predicted molar refractivity (Wildman–Crippen MR) is 73.4 cm³/mol. The van der Waals surface area contributed by atoms with Crippen molar-refractivity contribution in [1.29, 1.82) is 0 Å². The number of likely N-dealkylation sites (tertiary alicyclic amines) is 1. The molecule has 3 rings (SSSR count). The van der Waals surface area contributed by atoms with Crippen molar-refractivity contribution in [2.45, 2.75) is 25.5 Å². The summed E-state index contributed by atoms with van der Waals surface area (Å²) in [5, 5.41) is 26.7. The standard InChI is InChI=1S/C14H17N3O3/c1-8-2-9-5-15-16-13(9)12(3-8)14(20)17-6-11(19)4-10(17)7-18/h2-3,5,10-11,18-19H,4,6-7H2,1H3,(H,15,16)/t10-,11+/m0/s1. The zero-order valence-corrected chi connectivity index (χ0v) is 11.2. The van der Waals surface area contributed by atoms with E-state index in [1.807, 2.05) is 19.1 Å². The number of hydrogen-bond acceptors (Lipinski definition) is 4. The van der Waals surface area contributed by atoms with Crippen LogP contribution in [0.5, 0.6) is 0 Å². The van der Waals surface area contributed by atoms with Gasteiger partial charge in [0.05, 0.1) is 36.0 Å². The molecule has 6 nitrogen and oxygen atoms in total. The largest absolute Gasteiger partial charge is 0.394 e. The summed E-state index contributed by atoms with van der Waals surface area (Å²) in [4.78, 5) is 14.2. The number of H-pyrrole nitrogens is 1. The summed E-state index contributed by atoms with van der Waals surface area (Å²) in [6.45, 7) is 2.04. The predicted octanol–water partition coefficient (Wildman–Crippen LogP) is 0.439. The number of hydrogen-bond donors (Lipinski definition) is 3. The van der Waals surface area contributed by atoms with Gasteiger partial charge in [-0.1, -0.05) is 0 Å². The number of fused-ring (bicyclic) bond motifs is 1. The first-order chi connectivity index (χ1) is 9.60. The third kappa shape index (κ3) is 2.07. The number of benzene rings is 1. The van der Waals surface area contributed by atoms with E-state index in [4.69, 9.17) is 0 Å². The zero-order chi connectivity index (χ0) is 14.3. The van der Waals surface area contributed by atoms with Crippen molar-refractivity contribution in [2.75, 3.05) is 13.2 Å². The first kappa shape index (κ1) is 13.1. The number of aliphatic hydroxyl groups excluding tert-OH is 2. The molecule has 0 radical (unpaired) electrons. The van der Waals surface area contributed by atoms with E-state index in [0.29, 0.717) is 17.5 Å². The van der Waals surface area contributed by atoms with E-state index in [0.717, 1.165) is 10.9 Å². The number of aromatic amines is 1. The summed E-state index contributed by atoms with van der Waals surface area (Å²) >= 11 is 0. The van der Waals surface area contributed by atoms with Crippen LogP contribution in [0.4, 0.5) is 0 Å². The Balaban J connectivity index is 2.02. The molecule has 20 heavy (non-hydrogen) atoms. The molecule has 1 aliphatic heterocycles. The maximum atomic E-state index is 12.7. The van der Waals surface area contributed by atoms with Crippen LogP contribution in [-0.2, 0) is 0 Å². The number of β-amino-alcohol motifs (C(OH)–C–C–N with tert-alkyl or cyclic N) is 1. The summed E-state index contributed by atoms with van der Waals surface area (Å²) in [6.07, 6.45) is 1.53. The highest BCUT2D eigenvalue weighted by atomic mass is 16.3. The summed E-state index contributed by atoms with van der Waals surface area (Å²) in [5.74, 6) is -0.182. The minimum absolute atomic E-state index is 0.138. The second-order valence-electron chi connectivity index (χ2n) is 5.33. The lowest BCUT2D eigenvalue weighted by atomic mass is 10.1. The number of aliphatic hydroxyl groups is 2. The average molecular weight is 275 g/mol. The van der Waals surface area contributed by atoms with Crippen molar-refractivity contribution in [3.8, 4) is 0 Å². The van der Waals surface area contributed by atoms with Gasteiger partial charge < -0.3 is 15.1 Å². The molecule has 0 bridgehead atoms. The van der Waals surface area contributed by atoms with Gasteiger partial charge in [-0.25, -0.2) is 0 Å². The Morgan fingerprint density at radius 2 is 2.35 bits per heavy atom. The number of aryl methyl sites for hydroxylation is 1. The number of carbonyl (C=O) groups excluding carboxylic acids is 1. The Morgan fingerprint density at radius 1 is 1.55 bits per heavy atom. The molecule has 1 aromatic heterocycles. The van der Waals surface area contributed by atoms with Crippen LogP contribution in [0.25, 0.3) is 10.9 Å². The van der Waals surface area contributed by atoms with Crippen molar-refractivity contribution in [2.24, 2.45) is 0 Å². The van der Waals surface area contributed by atoms with Crippen molar-refractivity contribution < 1.29 is 15.0 Å². The van der Waals surface area contributed by atoms with Crippen LogP contribution < -0.4 is 0 Å². The molecule has 0 aliphatic carbocycles. The van der Waals surface area contributed by atoms with Crippen molar-refractivity contribution in [1.82, 2.24) is 15.1 Å². The first-order valence-corrected chi connectivity index (χ1v) is 6.63. The maximum Gasteiger partial charge on any atom is 0.256 e. The number of nitrogens with zero attached hydrogens (tertiary/aromatic N) is 2. The summed E-state index contributed by atoms with van der Waals surface area (Å²) in [7, 11) is 0. The van der Waals surface area contributed by atoms with Crippen LogP contribution in [0, 0.1) is 6.92 Å². The Hall–Kier alpha value is -1.92. The van der Waals surface area contributed by atoms with Crippen molar-refractivity contribution >= 4 is 16.8 Å². The highest BCUT2D eigenvalue weighted by molar-refractivity contribution is 6.06. The van der Waals surface area contributed by atoms with Gasteiger partial charge >= 0.3 is 0 Å². The van der Waals surface area contributed by atoms with Crippen LogP contribution in [0.2, 0.25) is 0 Å². The summed E-state index contributed by atoms with van der Waals surface area (Å²) in [6, 6.07) is 3.44. The van der Waals surface area contributed by atoms with E-state index in [2.05, 4.69) is 10.2 Å². The molecule has 0 saturated carbocycles. The average Bonchev–Trinajstić information content (AvgIpc) is 3.02. The topological polar surface area (TPSA) is 89.5 Å². The van der Waals surface area contributed by atoms with Gasteiger partial charge in [0, 0.05) is 11.9 Å². The van der Waals surface area contributed by atoms with E-state index < -0.39 is 6.10 Å². The Bertz CT molecular complexity index is 652. The van der Waals surface area contributed by atoms with Crippen LogP contribution in [0.15, 0.2) is 18.3 Å². The smallest absolute Gasteiger partial charge is 0.256 e. The second-order valence-corrected chi connectivity index (χ2v) is 5.33. The monoisotopic (exact) mass is 275 g/mol. The van der Waals surface area contributed by atoms with Crippen LogP contribution >= 0.6 is 0 Å². The van der Waals surface area contributed by atoms with Crippen LogP contribution in [0.1, 0.15) is 22.3 Å². The van der Waals surface area contributed by atoms with Gasteiger partial charge in [-0.15, -0.1) is 0 Å². The van der Waals surface area contributed by atoms with E-state index in [1.165, 1.54) is 0 Å². The maximum absolute atomic E-state index is 12.7. The Kier molecular flexibility index (Phi) is 3.19. The van der Waals surface area contributed by atoms with E-state index in [9.17, 15) is 15.0 Å². The minimum atomic E-state index is -0.571. The SMILES string of the molecule is Cc1cc(C(=O)N2C[C@H](O)C[C@H]2CO)c2[nH]ncc2c1. The lowest BCUT2D eigenvalue weighted by Gasteiger charge is -2.23.